The minimum absolute atomic E-state index is 0.0954. The Balaban J connectivity index is 1.96. The van der Waals surface area contributed by atoms with Gasteiger partial charge in [-0.1, -0.05) is 18.2 Å². The fourth-order valence-electron chi connectivity index (χ4n) is 2.18. The smallest absolute Gasteiger partial charge is 0.224 e. The van der Waals surface area contributed by atoms with Crippen LogP contribution in [0.15, 0.2) is 30.3 Å². The molecule has 3 nitrogen and oxygen atoms in total. The third-order valence-corrected chi connectivity index (χ3v) is 3.66. The Morgan fingerprint density at radius 2 is 1.95 bits per heavy atom. The molecule has 0 saturated carbocycles. The van der Waals surface area contributed by atoms with Crippen molar-refractivity contribution in [3.63, 3.8) is 0 Å². The summed E-state index contributed by atoms with van der Waals surface area (Å²) in [6, 6.07) is 8.48. The third kappa shape index (κ3) is 3.07. The molecule has 106 valence electrons. The van der Waals surface area contributed by atoms with Gasteiger partial charge in [-0.3, -0.25) is 4.79 Å². The largest absolute Gasteiger partial charge is 0.352 e. The minimum Gasteiger partial charge on any atom is -0.352 e. The van der Waals surface area contributed by atoms with E-state index in [-0.39, 0.29) is 18.3 Å². The summed E-state index contributed by atoms with van der Waals surface area (Å²) >= 11 is 0. The van der Waals surface area contributed by atoms with Crippen molar-refractivity contribution in [2.45, 2.75) is 26.8 Å². The quantitative estimate of drug-likeness (QED) is 0.913. The molecule has 0 aliphatic rings. The van der Waals surface area contributed by atoms with Crippen LogP contribution in [-0.2, 0) is 24.8 Å². The van der Waals surface area contributed by atoms with Crippen LogP contribution in [-0.4, -0.2) is 10.5 Å². The predicted molar refractivity (Wildman–Crippen MR) is 76.8 cm³/mol. The van der Waals surface area contributed by atoms with Gasteiger partial charge in [0.2, 0.25) is 5.91 Å². The predicted octanol–water partition coefficient (Wildman–Crippen LogP) is 2.64. The van der Waals surface area contributed by atoms with E-state index in [1.54, 1.807) is 18.2 Å². The number of carbonyl (C=O) groups is 1. The summed E-state index contributed by atoms with van der Waals surface area (Å²) < 4.78 is 15.5. The lowest BCUT2D eigenvalue weighted by atomic mass is 10.1. The maximum atomic E-state index is 13.4. The van der Waals surface area contributed by atoms with Crippen molar-refractivity contribution < 1.29 is 9.18 Å². The van der Waals surface area contributed by atoms with E-state index in [1.165, 1.54) is 6.07 Å². The molecular formula is C16H19FN2O. The number of benzene rings is 1. The van der Waals surface area contributed by atoms with Gasteiger partial charge in [-0.15, -0.1) is 0 Å². The number of carbonyl (C=O) groups excluding carboxylic acids is 1. The first-order valence-electron chi connectivity index (χ1n) is 6.61. The molecule has 2 aromatic rings. The van der Waals surface area contributed by atoms with E-state index in [1.807, 2.05) is 27.0 Å². The lowest BCUT2D eigenvalue weighted by molar-refractivity contribution is -0.120. The van der Waals surface area contributed by atoms with Crippen molar-refractivity contribution >= 4 is 5.91 Å². The molecule has 0 aliphatic carbocycles. The van der Waals surface area contributed by atoms with Crippen molar-refractivity contribution in [3.05, 3.63) is 58.7 Å². The van der Waals surface area contributed by atoms with Gasteiger partial charge >= 0.3 is 0 Å². The zero-order chi connectivity index (χ0) is 14.7. The third-order valence-electron chi connectivity index (χ3n) is 3.66. The van der Waals surface area contributed by atoms with E-state index in [2.05, 4.69) is 9.88 Å². The first kappa shape index (κ1) is 14.3. The van der Waals surface area contributed by atoms with E-state index in [0.717, 1.165) is 17.0 Å². The number of halogens is 1. The van der Waals surface area contributed by atoms with Gasteiger partial charge in [-0.2, -0.15) is 0 Å². The average Bonchev–Trinajstić information content (AvgIpc) is 2.65. The van der Waals surface area contributed by atoms with E-state index in [9.17, 15) is 9.18 Å². The molecule has 0 bridgehead atoms. The first-order valence-corrected chi connectivity index (χ1v) is 6.61. The van der Waals surface area contributed by atoms with Crippen LogP contribution >= 0.6 is 0 Å². The van der Waals surface area contributed by atoms with Crippen LogP contribution in [0.4, 0.5) is 4.39 Å². The molecule has 0 fully saturated rings. The number of aryl methyl sites for hydroxylation is 1. The Labute approximate surface area is 118 Å². The molecule has 0 saturated heterocycles. The molecule has 2 rings (SSSR count). The maximum absolute atomic E-state index is 13.4. The van der Waals surface area contributed by atoms with E-state index >= 15 is 0 Å². The summed E-state index contributed by atoms with van der Waals surface area (Å²) in [5.74, 6) is -0.388. The van der Waals surface area contributed by atoms with Crippen LogP contribution in [0.2, 0.25) is 0 Å². The van der Waals surface area contributed by atoms with Crippen LogP contribution in [0.1, 0.15) is 22.5 Å². The van der Waals surface area contributed by atoms with E-state index in [0.29, 0.717) is 12.0 Å². The van der Waals surface area contributed by atoms with Crippen LogP contribution in [0, 0.1) is 19.7 Å². The highest BCUT2D eigenvalue weighted by Crippen LogP contribution is 2.14. The van der Waals surface area contributed by atoms with Gasteiger partial charge < -0.3 is 9.88 Å². The molecular weight excluding hydrogens is 255 g/mol. The number of aromatic nitrogens is 1. The monoisotopic (exact) mass is 274 g/mol. The van der Waals surface area contributed by atoms with Crippen molar-refractivity contribution in [1.29, 1.82) is 0 Å². The molecule has 0 unspecified atom stereocenters. The van der Waals surface area contributed by atoms with Gasteiger partial charge in [-0.05, 0) is 31.5 Å². The van der Waals surface area contributed by atoms with E-state index < -0.39 is 0 Å². The standard InChI is InChI=1S/C16H19FN2O/c1-11-8-14(12(2)19(11)3)9-16(20)18-10-13-6-4-5-7-15(13)17/h4-8H,9-10H2,1-3H3,(H,18,20). The Hall–Kier alpha value is -2.10. The Morgan fingerprint density at radius 3 is 2.55 bits per heavy atom. The molecule has 0 spiro atoms. The number of rotatable bonds is 4. The second-order valence-electron chi connectivity index (χ2n) is 5.00. The summed E-state index contributed by atoms with van der Waals surface area (Å²) in [5.41, 5.74) is 3.72. The summed E-state index contributed by atoms with van der Waals surface area (Å²) in [7, 11) is 1.98. The molecule has 4 heteroatoms. The van der Waals surface area contributed by atoms with Crippen molar-refractivity contribution in [3.8, 4) is 0 Å². The minimum atomic E-state index is -0.292. The summed E-state index contributed by atoms with van der Waals surface area (Å²) in [6.07, 6.45) is 0.321. The van der Waals surface area contributed by atoms with Gasteiger partial charge in [-0.25, -0.2) is 4.39 Å². The molecule has 1 aromatic carbocycles. The number of hydrogen-bond acceptors (Lipinski definition) is 1. The topological polar surface area (TPSA) is 34.0 Å². The van der Waals surface area contributed by atoms with Crippen LogP contribution < -0.4 is 5.32 Å². The Kier molecular flexibility index (Phi) is 4.23. The normalized spacial score (nSPS) is 10.6. The summed E-state index contributed by atoms with van der Waals surface area (Å²) in [4.78, 5) is 11.9. The fourth-order valence-corrected chi connectivity index (χ4v) is 2.18. The van der Waals surface area contributed by atoms with Gasteiger partial charge in [0.15, 0.2) is 0 Å². The molecule has 1 N–H and O–H groups in total. The zero-order valence-electron chi connectivity index (χ0n) is 12.0. The van der Waals surface area contributed by atoms with Crippen LogP contribution in [0.5, 0.6) is 0 Å². The molecule has 1 heterocycles. The number of hydrogen-bond donors (Lipinski definition) is 1. The van der Waals surface area contributed by atoms with Crippen molar-refractivity contribution in [1.82, 2.24) is 9.88 Å². The van der Waals surface area contributed by atoms with Gasteiger partial charge in [0.25, 0.3) is 0 Å². The lowest BCUT2D eigenvalue weighted by Gasteiger charge is -2.06. The maximum Gasteiger partial charge on any atom is 0.224 e. The SMILES string of the molecule is Cc1cc(CC(=O)NCc2ccccc2F)c(C)n1C. The van der Waals surface area contributed by atoms with Gasteiger partial charge in [0, 0.05) is 30.5 Å². The first-order chi connectivity index (χ1) is 9.49. The summed E-state index contributed by atoms with van der Waals surface area (Å²) in [5, 5.41) is 2.76. The lowest BCUT2D eigenvalue weighted by Crippen LogP contribution is -2.25. The number of nitrogens with zero attached hydrogens (tertiary/aromatic N) is 1. The fraction of sp³-hybridized carbons (Fsp3) is 0.312. The summed E-state index contributed by atoms with van der Waals surface area (Å²) in [6.45, 7) is 4.22. The second kappa shape index (κ2) is 5.90. The zero-order valence-corrected chi connectivity index (χ0v) is 12.0. The molecule has 0 radical (unpaired) electrons. The van der Waals surface area contributed by atoms with E-state index in [4.69, 9.17) is 0 Å². The Morgan fingerprint density at radius 1 is 1.25 bits per heavy atom. The number of nitrogens with one attached hydrogen (secondary N) is 1. The molecule has 1 amide bonds. The Bertz CT molecular complexity index is 631. The average molecular weight is 274 g/mol. The van der Waals surface area contributed by atoms with Crippen LogP contribution in [0.25, 0.3) is 0 Å². The number of amides is 1. The second-order valence-corrected chi connectivity index (χ2v) is 5.00. The highest BCUT2D eigenvalue weighted by molar-refractivity contribution is 5.78. The highest BCUT2D eigenvalue weighted by atomic mass is 19.1. The van der Waals surface area contributed by atoms with Crippen molar-refractivity contribution in [2.24, 2.45) is 7.05 Å². The molecule has 20 heavy (non-hydrogen) atoms. The van der Waals surface area contributed by atoms with Gasteiger partial charge in [0.05, 0.1) is 6.42 Å². The van der Waals surface area contributed by atoms with Crippen LogP contribution in [0.3, 0.4) is 0 Å². The molecule has 1 aromatic heterocycles. The highest BCUT2D eigenvalue weighted by Gasteiger charge is 2.11. The molecule has 0 atom stereocenters. The van der Waals surface area contributed by atoms with Gasteiger partial charge in [0.1, 0.15) is 5.82 Å². The van der Waals surface area contributed by atoms with Crippen molar-refractivity contribution in [2.75, 3.05) is 0 Å². The molecule has 0 aliphatic heterocycles.